The Labute approximate surface area is 93.6 Å². The molecule has 92 valence electrons. The summed E-state index contributed by atoms with van der Waals surface area (Å²) in [4.78, 5) is 17.2. The lowest BCUT2D eigenvalue weighted by atomic mass is 9.91. The van der Waals surface area contributed by atoms with Crippen LogP contribution in [-0.2, 0) is 4.79 Å². The van der Waals surface area contributed by atoms with Crippen molar-refractivity contribution < 1.29 is 4.79 Å². The monoisotopic (exact) mass is 218 g/mol. The molecule has 2 N–H and O–H groups in total. The van der Waals surface area contributed by atoms with Gasteiger partial charge in [0.05, 0.1) is 0 Å². The molecule has 0 aromatic heterocycles. The molecule has 0 atom stereocenters. The van der Waals surface area contributed by atoms with E-state index in [0.29, 0.717) is 0 Å². The van der Waals surface area contributed by atoms with Crippen LogP contribution in [-0.4, -0.2) is 13.5 Å². The average molecular weight is 218 g/mol. The minimum Gasteiger partial charge on any atom is -0.333 e. The first kappa shape index (κ1) is 19.7. The molecule has 0 saturated heterocycles. The Bertz CT molecular complexity index is 107. The van der Waals surface area contributed by atoms with Crippen molar-refractivity contribution in [2.45, 2.75) is 52.9 Å². The van der Waals surface area contributed by atoms with Crippen molar-refractivity contribution >= 4 is 6.41 Å². The van der Waals surface area contributed by atoms with Crippen molar-refractivity contribution in [2.75, 3.05) is 7.05 Å². The zero-order chi connectivity index (χ0) is 12.5. The molecule has 0 aromatic rings. The molecule has 0 unspecified atom stereocenters. The third kappa shape index (κ3) is 24.6. The molecular formula is C11H26N2O2. The van der Waals surface area contributed by atoms with E-state index < -0.39 is 0 Å². The Hall–Kier alpha value is -0.770. The highest BCUT2D eigenvalue weighted by molar-refractivity contribution is 5.46. The van der Waals surface area contributed by atoms with Gasteiger partial charge in [-0.1, -0.05) is 52.9 Å². The fraction of sp³-hybridized carbons (Fsp3) is 0.909. The largest absolute Gasteiger partial charge is 0.333 e. The topological polar surface area (TPSA) is 72.5 Å². The minimum absolute atomic E-state index is 0.0556. The molecule has 0 heterocycles. The first-order valence-corrected chi connectivity index (χ1v) is 5.65. The summed E-state index contributed by atoms with van der Waals surface area (Å²) in [5.41, 5.74) is 4.50. The zero-order valence-electron chi connectivity index (χ0n) is 10.5. The van der Waals surface area contributed by atoms with Crippen LogP contribution in [0.2, 0.25) is 0 Å². The van der Waals surface area contributed by atoms with E-state index in [1.165, 1.54) is 39.2 Å². The number of hydrogen-bond acceptors (Lipinski definition) is 3. The van der Waals surface area contributed by atoms with Crippen molar-refractivity contribution in [3.05, 3.63) is 4.91 Å². The number of carbonyl (C=O) groups excluding carboxylic acids is 1. The maximum absolute atomic E-state index is 8.69. The number of amides is 1. The summed E-state index contributed by atoms with van der Waals surface area (Å²) in [6.07, 6.45) is 7.38. The van der Waals surface area contributed by atoms with Gasteiger partial charge in [-0.2, -0.15) is 0 Å². The van der Waals surface area contributed by atoms with E-state index in [4.69, 9.17) is 9.70 Å². The fourth-order valence-corrected chi connectivity index (χ4v) is 1.31. The first-order valence-electron chi connectivity index (χ1n) is 5.65. The molecule has 1 rings (SSSR count). The molecule has 15 heavy (non-hydrogen) atoms. The van der Waals surface area contributed by atoms with Crippen LogP contribution in [0.3, 0.4) is 0 Å². The average Bonchev–Trinajstić information content (AvgIpc) is 2.35. The van der Waals surface area contributed by atoms with Gasteiger partial charge in [-0.3, -0.25) is 4.79 Å². The molecule has 1 saturated carbocycles. The molecule has 0 radical (unpaired) electrons. The van der Waals surface area contributed by atoms with Crippen LogP contribution in [0.15, 0.2) is 5.18 Å². The Balaban J connectivity index is -0.000000156. The Morgan fingerprint density at radius 2 is 1.47 bits per heavy atom. The van der Waals surface area contributed by atoms with Gasteiger partial charge in [0.1, 0.15) is 0 Å². The summed E-state index contributed by atoms with van der Waals surface area (Å²) < 4.78 is 0. The van der Waals surface area contributed by atoms with Gasteiger partial charge in [-0.25, -0.2) is 0 Å². The number of nitroso groups, excluding NO2 is 1. The van der Waals surface area contributed by atoms with E-state index >= 15 is 0 Å². The van der Waals surface area contributed by atoms with E-state index in [9.17, 15) is 0 Å². The number of hydrogen-bond donors (Lipinski definition) is 1. The van der Waals surface area contributed by atoms with Gasteiger partial charge < -0.3 is 5.73 Å². The summed E-state index contributed by atoms with van der Waals surface area (Å²) in [5.74, 6) is 1.04. The lowest BCUT2D eigenvalue weighted by Crippen LogP contribution is -1.99. The zero-order valence-corrected chi connectivity index (χ0v) is 10.5. The lowest BCUT2D eigenvalue weighted by molar-refractivity contribution is -0.106. The second-order valence-corrected chi connectivity index (χ2v) is 2.95. The van der Waals surface area contributed by atoms with Crippen molar-refractivity contribution in [2.24, 2.45) is 16.8 Å². The van der Waals surface area contributed by atoms with E-state index in [-0.39, 0.29) is 6.41 Å². The molecule has 1 fully saturated rings. The summed E-state index contributed by atoms with van der Waals surface area (Å²) in [7, 11) is 1.50. The first-order chi connectivity index (χ1) is 7.31. The fourth-order valence-electron chi connectivity index (χ4n) is 1.31. The molecule has 0 bridgehead atoms. The maximum atomic E-state index is 8.69. The van der Waals surface area contributed by atoms with Crippen LogP contribution >= 0.6 is 0 Å². The number of nitrogens with two attached hydrogens (primary N) is 1. The van der Waals surface area contributed by atoms with Crippen LogP contribution in [0.5, 0.6) is 0 Å². The highest BCUT2D eigenvalue weighted by Gasteiger charge is 2.05. The van der Waals surface area contributed by atoms with Crippen LogP contribution < -0.4 is 5.73 Å². The summed E-state index contributed by atoms with van der Waals surface area (Å²) in [6, 6.07) is 0. The Morgan fingerprint density at radius 1 is 1.13 bits per heavy atom. The molecular weight excluding hydrogens is 192 g/mol. The molecule has 0 aromatic carbocycles. The SMILES string of the molecule is CC.CC1CCCCC1.CN.O=CN=O. The summed E-state index contributed by atoms with van der Waals surface area (Å²) in [5, 5.41) is 1.81. The number of nitrogens with zero attached hydrogens (tertiary/aromatic N) is 1. The predicted octanol–water partition coefficient (Wildman–Crippen LogP) is 3.10. The quantitative estimate of drug-likeness (QED) is 0.543. The molecule has 0 spiro atoms. The molecule has 1 aliphatic carbocycles. The second-order valence-electron chi connectivity index (χ2n) is 2.95. The lowest BCUT2D eigenvalue weighted by Gasteiger charge is -2.15. The van der Waals surface area contributed by atoms with Gasteiger partial charge in [0.25, 0.3) is 6.41 Å². The van der Waals surface area contributed by atoms with Gasteiger partial charge in [-0.15, -0.1) is 4.91 Å². The highest BCUT2D eigenvalue weighted by Crippen LogP contribution is 2.21. The third-order valence-corrected chi connectivity index (χ3v) is 1.94. The third-order valence-electron chi connectivity index (χ3n) is 1.94. The summed E-state index contributed by atoms with van der Waals surface area (Å²) >= 11 is 0. The standard InChI is InChI=1S/C7H14.C2H6.CHNO2.CH5N/c1-7-5-3-2-4-6-7;1-2;3-1-2-4;1-2/h7H,2-6H2,1H3;1-2H3;1H;2H2,1H3. The van der Waals surface area contributed by atoms with Crippen molar-refractivity contribution in [3.63, 3.8) is 0 Å². The maximum Gasteiger partial charge on any atom is 0.274 e. The van der Waals surface area contributed by atoms with Crippen LogP contribution in [0.4, 0.5) is 0 Å². The normalized spacial score (nSPS) is 13.9. The predicted molar refractivity (Wildman–Crippen MR) is 65.6 cm³/mol. The van der Waals surface area contributed by atoms with E-state index in [1.807, 2.05) is 13.8 Å². The smallest absolute Gasteiger partial charge is 0.274 e. The van der Waals surface area contributed by atoms with Crippen molar-refractivity contribution in [1.29, 1.82) is 0 Å². The number of carbonyl (C=O) groups is 1. The molecule has 4 nitrogen and oxygen atoms in total. The minimum atomic E-state index is -0.0556. The highest BCUT2D eigenvalue weighted by atomic mass is 16.3. The van der Waals surface area contributed by atoms with Gasteiger partial charge in [0.15, 0.2) is 0 Å². The Kier molecular flexibility index (Phi) is 30.6. The van der Waals surface area contributed by atoms with Crippen LogP contribution in [0, 0.1) is 10.8 Å². The van der Waals surface area contributed by atoms with Crippen LogP contribution in [0.25, 0.3) is 0 Å². The second kappa shape index (κ2) is 23.2. The molecule has 4 heteroatoms. The van der Waals surface area contributed by atoms with Gasteiger partial charge in [0, 0.05) is 5.18 Å². The molecule has 1 amide bonds. The van der Waals surface area contributed by atoms with Crippen molar-refractivity contribution in [1.82, 2.24) is 0 Å². The Morgan fingerprint density at radius 3 is 1.60 bits per heavy atom. The number of rotatable bonds is 1. The van der Waals surface area contributed by atoms with Gasteiger partial charge in [-0.05, 0) is 13.0 Å². The van der Waals surface area contributed by atoms with E-state index in [0.717, 1.165) is 5.92 Å². The van der Waals surface area contributed by atoms with Gasteiger partial charge >= 0.3 is 0 Å². The van der Waals surface area contributed by atoms with E-state index in [1.54, 1.807) is 5.18 Å². The van der Waals surface area contributed by atoms with Crippen LogP contribution in [0.1, 0.15) is 52.9 Å². The molecule has 0 aliphatic heterocycles. The van der Waals surface area contributed by atoms with Crippen molar-refractivity contribution in [3.8, 4) is 0 Å². The molecule has 1 aliphatic rings. The van der Waals surface area contributed by atoms with Gasteiger partial charge in [0.2, 0.25) is 0 Å². The summed E-state index contributed by atoms with van der Waals surface area (Å²) in [6.45, 7) is 6.36. The van der Waals surface area contributed by atoms with E-state index in [2.05, 4.69) is 12.7 Å².